The Kier molecular flexibility index (Phi) is 2.49. The summed E-state index contributed by atoms with van der Waals surface area (Å²) in [7, 11) is 0. The third kappa shape index (κ3) is 1.82. The summed E-state index contributed by atoms with van der Waals surface area (Å²) in [5.74, 6) is 0.930. The summed E-state index contributed by atoms with van der Waals surface area (Å²) in [5.41, 5.74) is 8.13. The number of hydrogen-bond donors (Lipinski definition) is 1. The molecule has 3 rings (SSSR count). The lowest BCUT2D eigenvalue weighted by atomic mass is 10.2. The molecular formula is C12H11N5O. The zero-order valence-electron chi connectivity index (χ0n) is 9.74. The first-order valence-corrected chi connectivity index (χ1v) is 5.54. The molecule has 0 fully saturated rings. The van der Waals surface area contributed by atoms with E-state index in [-0.39, 0.29) is 6.04 Å². The van der Waals surface area contributed by atoms with E-state index in [0.29, 0.717) is 11.7 Å². The molecule has 3 aromatic rings. The van der Waals surface area contributed by atoms with Crippen molar-refractivity contribution in [2.75, 3.05) is 0 Å². The molecule has 6 nitrogen and oxygen atoms in total. The highest BCUT2D eigenvalue weighted by molar-refractivity contribution is 5.79. The third-order valence-corrected chi connectivity index (χ3v) is 2.56. The predicted molar refractivity (Wildman–Crippen MR) is 65.4 cm³/mol. The molecular weight excluding hydrogens is 230 g/mol. The van der Waals surface area contributed by atoms with Crippen LogP contribution in [0.2, 0.25) is 0 Å². The lowest BCUT2D eigenvalue weighted by Gasteiger charge is -1.97. The molecule has 90 valence electrons. The van der Waals surface area contributed by atoms with E-state index in [0.717, 1.165) is 16.6 Å². The summed E-state index contributed by atoms with van der Waals surface area (Å²) in [5, 5.41) is 3.90. The molecule has 0 aliphatic rings. The maximum atomic E-state index is 5.68. The van der Waals surface area contributed by atoms with Gasteiger partial charge in [0.25, 0.3) is 0 Å². The van der Waals surface area contributed by atoms with Crippen LogP contribution in [0.15, 0.2) is 35.1 Å². The van der Waals surface area contributed by atoms with Crippen LogP contribution >= 0.6 is 0 Å². The summed E-state index contributed by atoms with van der Waals surface area (Å²) in [6.07, 6.45) is 3.31. The van der Waals surface area contributed by atoms with Crippen molar-refractivity contribution in [2.45, 2.75) is 13.0 Å². The Morgan fingerprint density at radius 2 is 1.94 bits per heavy atom. The zero-order valence-corrected chi connectivity index (χ0v) is 9.74. The normalized spacial score (nSPS) is 12.8. The minimum atomic E-state index is -0.272. The van der Waals surface area contributed by atoms with Gasteiger partial charge in [0.05, 0.1) is 17.1 Å². The second-order valence-electron chi connectivity index (χ2n) is 4.00. The van der Waals surface area contributed by atoms with Crippen molar-refractivity contribution in [2.24, 2.45) is 5.73 Å². The molecule has 6 heteroatoms. The minimum absolute atomic E-state index is 0.272. The van der Waals surface area contributed by atoms with E-state index < -0.39 is 0 Å². The van der Waals surface area contributed by atoms with E-state index in [1.807, 2.05) is 18.2 Å². The fraction of sp³-hybridized carbons (Fsp3) is 0.167. The number of fused-ring (bicyclic) bond motifs is 1. The van der Waals surface area contributed by atoms with E-state index >= 15 is 0 Å². The first-order valence-electron chi connectivity index (χ1n) is 5.54. The van der Waals surface area contributed by atoms with Gasteiger partial charge in [0.2, 0.25) is 11.7 Å². The lowest BCUT2D eigenvalue weighted by Crippen LogP contribution is -2.04. The standard InChI is InChI=1S/C12H11N5O/c1-7(13)12-16-11(17-18-12)8-2-3-9-10(6-8)15-5-4-14-9/h2-7H,13H2,1H3/t7-/m1/s1. The highest BCUT2D eigenvalue weighted by Gasteiger charge is 2.12. The largest absolute Gasteiger partial charge is 0.337 e. The molecule has 0 saturated heterocycles. The molecule has 2 heterocycles. The van der Waals surface area contributed by atoms with Crippen molar-refractivity contribution in [3.63, 3.8) is 0 Å². The van der Waals surface area contributed by atoms with Crippen LogP contribution in [-0.4, -0.2) is 20.1 Å². The first kappa shape index (κ1) is 10.8. The third-order valence-electron chi connectivity index (χ3n) is 2.56. The van der Waals surface area contributed by atoms with Crippen molar-refractivity contribution in [1.82, 2.24) is 20.1 Å². The molecule has 0 spiro atoms. The van der Waals surface area contributed by atoms with E-state index in [1.54, 1.807) is 19.3 Å². The maximum absolute atomic E-state index is 5.68. The van der Waals surface area contributed by atoms with Gasteiger partial charge < -0.3 is 10.3 Å². The van der Waals surface area contributed by atoms with Crippen LogP contribution in [0.5, 0.6) is 0 Å². The first-order chi connectivity index (χ1) is 8.74. The molecule has 0 bridgehead atoms. The van der Waals surface area contributed by atoms with Crippen LogP contribution in [0.1, 0.15) is 18.9 Å². The molecule has 0 aliphatic carbocycles. The highest BCUT2D eigenvalue weighted by Crippen LogP contribution is 2.20. The Morgan fingerprint density at radius 1 is 1.17 bits per heavy atom. The van der Waals surface area contributed by atoms with Gasteiger partial charge in [-0.3, -0.25) is 9.97 Å². The summed E-state index contributed by atoms with van der Waals surface area (Å²) < 4.78 is 5.07. The topological polar surface area (TPSA) is 90.7 Å². The number of nitrogens with zero attached hydrogens (tertiary/aromatic N) is 4. The van der Waals surface area contributed by atoms with E-state index in [2.05, 4.69) is 20.1 Å². The van der Waals surface area contributed by atoms with Gasteiger partial charge in [-0.2, -0.15) is 4.98 Å². The van der Waals surface area contributed by atoms with Crippen molar-refractivity contribution < 1.29 is 4.52 Å². The van der Waals surface area contributed by atoms with E-state index in [4.69, 9.17) is 10.3 Å². The number of hydrogen-bond acceptors (Lipinski definition) is 6. The SMILES string of the molecule is C[C@@H](N)c1nc(-c2ccc3nccnc3c2)no1. The van der Waals surface area contributed by atoms with Crippen LogP contribution in [-0.2, 0) is 0 Å². The van der Waals surface area contributed by atoms with Gasteiger partial charge in [0.15, 0.2) is 0 Å². The van der Waals surface area contributed by atoms with Crippen LogP contribution < -0.4 is 5.73 Å². The second kappa shape index (κ2) is 4.15. The van der Waals surface area contributed by atoms with Crippen molar-refractivity contribution in [3.05, 3.63) is 36.5 Å². The zero-order chi connectivity index (χ0) is 12.5. The summed E-state index contributed by atoms with van der Waals surface area (Å²) in [6, 6.07) is 5.36. The average Bonchev–Trinajstić information content (AvgIpc) is 2.88. The van der Waals surface area contributed by atoms with Gasteiger partial charge in [0, 0.05) is 18.0 Å². The Morgan fingerprint density at radius 3 is 2.67 bits per heavy atom. The van der Waals surface area contributed by atoms with Crippen LogP contribution in [0.25, 0.3) is 22.4 Å². The minimum Gasteiger partial charge on any atom is -0.337 e. The smallest absolute Gasteiger partial charge is 0.243 e. The molecule has 18 heavy (non-hydrogen) atoms. The molecule has 0 unspecified atom stereocenters. The lowest BCUT2D eigenvalue weighted by molar-refractivity contribution is 0.362. The number of benzene rings is 1. The maximum Gasteiger partial charge on any atom is 0.243 e. The van der Waals surface area contributed by atoms with E-state index in [9.17, 15) is 0 Å². The molecule has 0 radical (unpaired) electrons. The Labute approximate surface area is 103 Å². The summed E-state index contributed by atoms with van der Waals surface area (Å²) in [4.78, 5) is 12.7. The van der Waals surface area contributed by atoms with Gasteiger partial charge in [-0.1, -0.05) is 5.16 Å². The second-order valence-corrected chi connectivity index (χ2v) is 4.00. The quantitative estimate of drug-likeness (QED) is 0.734. The molecule has 1 aromatic carbocycles. The number of nitrogens with two attached hydrogens (primary N) is 1. The Hall–Kier alpha value is -2.34. The molecule has 0 aliphatic heterocycles. The van der Waals surface area contributed by atoms with Crippen molar-refractivity contribution in [3.8, 4) is 11.4 Å². The van der Waals surface area contributed by atoms with Gasteiger partial charge in [-0.25, -0.2) is 0 Å². The van der Waals surface area contributed by atoms with Crippen LogP contribution in [0.3, 0.4) is 0 Å². The summed E-state index contributed by atoms with van der Waals surface area (Å²) >= 11 is 0. The number of aromatic nitrogens is 4. The summed E-state index contributed by atoms with van der Waals surface area (Å²) in [6.45, 7) is 1.79. The van der Waals surface area contributed by atoms with Crippen molar-refractivity contribution in [1.29, 1.82) is 0 Å². The molecule has 0 amide bonds. The van der Waals surface area contributed by atoms with Gasteiger partial charge in [-0.15, -0.1) is 0 Å². The fourth-order valence-corrected chi connectivity index (χ4v) is 1.64. The van der Waals surface area contributed by atoms with Gasteiger partial charge in [0.1, 0.15) is 0 Å². The Bertz CT molecular complexity index is 692. The van der Waals surface area contributed by atoms with Gasteiger partial charge >= 0.3 is 0 Å². The predicted octanol–water partition coefficient (Wildman–Crippen LogP) is 1.70. The fourth-order valence-electron chi connectivity index (χ4n) is 1.64. The van der Waals surface area contributed by atoms with Crippen LogP contribution in [0, 0.1) is 0 Å². The monoisotopic (exact) mass is 241 g/mol. The van der Waals surface area contributed by atoms with E-state index in [1.165, 1.54) is 0 Å². The van der Waals surface area contributed by atoms with Crippen molar-refractivity contribution >= 4 is 11.0 Å². The molecule has 0 saturated carbocycles. The molecule has 1 atom stereocenters. The average molecular weight is 241 g/mol. The molecule has 2 aromatic heterocycles. The molecule has 2 N–H and O–H groups in total. The number of rotatable bonds is 2. The van der Waals surface area contributed by atoms with Gasteiger partial charge in [-0.05, 0) is 25.1 Å². The highest BCUT2D eigenvalue weighted by atomic mass is 16.5. The van der Waals surface area contributed by atoms with Crippen LogP contribution in [0.4, 0.5) is 0 Å². The Balaban J connectivity index is 2.07.